The molecule has 178 valence electrons. The van der Waals surface area contributed by atoms with Gasteiger partial charge in [-0.25, -0.2) is 35.5 Å². The SMILES string of the molecule is O=S(=O)(c1ccc(Oc2cc(OC3CCN(S(=O)(=O)C4CC4)CC3)ncn2)c(F)c1)C1CC1. The molecule has 3 aliphatic rings. The van der Waals surface area contributed by atoms with Gasteiger partial charge in [0.1, 0.15) is 12.4 Å². The monoisotopic (exact) mass is 497 g/mol. The Morgan fingerprint density at radius 3 is 2.18 bits per heavy atom. The van der Waals surface area contributed by atoms with E-state index in [1.54, 1.807) is 0 Å². The van der Waals surface area contributed by atoms with Gasteiger partial charge in [0.25, 0.3) is 0 Å². The number of sulfone groups is 1. The minimum absolute atomic E-state index is 0.0467. The van der Waals surface area contributed by atoms with Gasteiger partial charge < -0.3 is 9.47 Å². The van der Waals surface area contributed by atoms with Crippen molar-refractivity contribution in [2.45, 2.75) is 60.0 Å². The van der Waals surface area contributed by atoms with Crippen molar-refractivity contribution in [3.8, 4) is 17.5 Å². The van der Waals surface area contributed by atoms with Crippen molar-refractivity contribution < 1.29 is 30.7 Å². The molecule has 1 aromatic heterocycles. The molecular formula is C21H24FN3O6S2. The lowest BCUT2D eigenvalue weighted by Crippen LogP contribution is -2.43. The molecule has 12 heteroatoms. The van der Waals surface area contributed by atoms with Gasteiger partial charge >= 0.3 is 0 Å². The smallest absolute Gasteiger partial charge is 0.226 e. The molecule has 2 aliphatic carbocycles. The van der Waals surface area contributed by atoms with Gasteiger partial charge in [0, 0.05) is 13.1 Å². The predicted molar refractivity (Wildman–Crippen MR) is 116 cm³/mol. The molecule has 5 rings (SSSR count). The van der Waals surface area contributed by atoms with E-state index in [4.69, 9.17) is 9.47 Å². The van der Waals surface area contributed by atoms with Crippen LogP contribution in [-0.2, 0) is 19.9 Å². The second kappa shape index (κ2) is 8.48. The molecule has 0 N–H and O–H groups in total. The number of piperidine rings is 1. The van der Waals surface area contributed by atoms with Gasteiger partial charge in [0.05, 0.1) is 21.5 Å². The standard InChI is InChI=1S/C21H24FN3O6S2/c22-18-11-17(32(26,27)15-1-2-15)5-6-19(18)31-21-12-20(23-13-24-21)30-14-7-9-25(10-8-14)33(28,29)16-3-4-16/h5-6,11-16H,1-4,7-10H2. The van der Waals surface area contributed by atoms with E-state index in [2.05, 4.69) is 9.97 Å². The summed E-state index contributed by atoms with van der Waals surface area (Å²) < 4.78 is 76.7. The molecule has 2 heterocycles. The van der Waals surface area contributed by atoms with Gasteiger partial charge in [-0.15, -0.1) is 0 Å². The first-order chi connectivity index (χ1) is 15.7. The zero-order chi connectivity index (χ0) is 23.2. The zero-order valence-corrected chi connectivity index (χ0v) is 19.4. The van der Waals surface area contributed by atoms with E-state index in [1.165, 1.54) is 28.8 Å². The lowest BCUT2D eigenvalue weighted by atomic mass is 10.1. The van der Waals surface area contributed by atoms with Gasteiger partial charge in [-0.05, 0) is 56.7 Å². The summed E-state index contributed by atoms with van der Waals surface area (Å²) in [7, 11) is -6.68. The fourth-order valence-electron chi connectivity index (χ4n) is 3.82. The van der Waals surface area contributed by atoms with E-state index in [9.17, 15) is 21.2 Å². The van der Waals surface area contributed by atoms with Gasteiger partial charge in [0.2, 0.25) is 21.8 Å². The Hall–Kier alpha value is -2.31. The number of benzene rings is 1. The maximum Gasteiger partial charge on any atom is 0.226 e. The summed E-state index contributed by atoms with van der Waals surface area (Å²) in [6, 6.07) is 4.98. The molecule has 0 unspecified atom stereocenters. The van der Waals surface area contributed by atoms with Crippen molar-refractivity contribution in [1.29, 1.82) is 0 Å². The summed E-state index contributed by atoms with van der Waals surface area (Å²) in [5, 5.41) is -0.647. The van der Waals surface area contributed by atoms with Gasteiger partial charge in [-0.3, -0.25) is 0 Å². The Bertz CT molecular complexity index is 1250. The van der Waals surface area contributed by atoms with Crippen LogP contribution in [0.4, 0.5) is 4.39 Å². The quantitative estimate of drug-likeness (QED) is 0.547. The Morgan fingerprint density at radius 2 is 1.55 bits per heavy atom. The van der Waals surface area contributed by atoms with Crippen molar-refractivity contribution in [1.82, 2.24) is 14.3 Å². The van der Waals surface area contributed by atoms with Gasteiger partial charge in [0.15, 0.2) is 21.4 Å². The Morgan fingerprint density at radius 1 is 0.879 bits per heavy atom. The molecular weight excluding hydrogens is 473 g/mol. The fourth-order valence-corrected chi connectivity index (χ4v) is 7.36. The van der Waals surface area contributed by atoms with E-state index in [0.717, 1.165) is 18.9 Å². The Labute approximate surface area is 191 Å². The molecule has 1 aromatic carbocycles. The first kappa shape index (κ1) is 22.5. The minimum atomic E-state index is -3.50. The van der Waals surface area contributed by atoms with Crippen molar-refractivity contribution in [2.75, 3.05) is 13.1 Å². The average Bonchev–Trinajstić information content (AvgIpc) is 3.68. The normalized spacial score (nSPS) is 20.5. The number of nitrogens with zero attached hydrogens (tertiary/aromatic N) is 3. The number of hydrogen-bond donors (Lipinski definition) is 0. The van der Waals surface area contributed by atoms with Crippen LogP contribution < -0.4 is 9.47 Å². The van der Waals surface area contributed by atoms with E-state index in [1.807, 2.05) is 0 Å². The third-order valence-electron chi connectivity index (χ3n) is 6.02. The van der Waals surface area contributed by atoms with Crippen LogP contribution >= 0.6 is 0 Å². The number of rotatable bonds is 8. The number of halogens is 1. The third-order valence-corrected chi connectivity index (χ3v) is 10.7. The first-order valence-corrected chi connectivity index (χ1v) is 14.0. The zero-order valence-electron chi connectivity index (χ0n) is 17.8. The van der Waals surface area contributed by atoms with Crippen LogP contribution in [0.25, 0.3) is 0 Å². The third kappa shape index (κ3) is 4.82. The highest BCUT2D eigenvalue weighted by Gasteiger charge is 2.41. The molecule has 33 heavy (non-hydrogen) atoms. The molecule has 0 bridgehead atoms. The summed E-state index contributed by atoms with van der Waals surface area (Å²) in [5.74, 6) is -0.683. The summed E-state index contributed by atoms with van der Waals surface area (Å²) >= 11 is 0. The summed E-state index contributed by atoms with van der Waals surface area (Å²) in [6.45, 7) is 0.804. The maximum absolute atomic E-state index is 14.5. The molecule has 0 spiro atoms. The lowest BCUT2D eigenvalue weighted by Gasteiger charge is -2.31. The van der Waals surface area contributed by atoms with Crippen LogP contribution in [0.15, 0.2) is 35.5 Å². The van der Waals surface area contributed by atoms with Crippen LogP contribution in [0.5, 0.6) is 17.5 Å². The largest absolute Gasteiger partial charge is 0.474 e. The van der Waals surface area contributed by atoms with E-state index in [0.29, 0.717) is 38.8 Å². The lowest BCUT2D eigenvalue weighted by molar-refractivity contribution is 0.129. The fraction of sp³-hybridized carbons (Fsp3) is 0.524. The molecule has 9 nitrogen and oxygen atoms in total. The van der Waals surface area contributed by atoms with E-state index < -0.39 is 30.9 Å². The number of aromatic nitrogens is 2. The summed E-state index contributed by atoms with van der Waals surface area (Å²) in [4.78, 5) is 7.96. The van der Waals surface area contributed by atoms with Crippen molar-refractivity contribution in [3.05, 3.63) is 36.4 Å². The molecule has 1 aliphatic heterocycles. The second-order valence-electron chi connectivity index (χ2n) is 8.59. The molecule has 0 amide bonds. The predicted octanol–water partition coefficient (Wildman–Crippen LogP) is 2.68. The van der Waals surface area contributed by atoms with E-state index in [-0.39, 0.29) is 33.8 Å². The molecule has 2 saturated carbocycles. The van der Waals surface area contributed by atoms with Crippen LogP contribution in [0, 0.1) is 5.82 Å². The molecule has 3 fully saturated rings. The van der Waals surface area contributed by atoms with Crippen LogP contribution in [0.3, 0.4) is 0 Å². The number of sulfonamides is 1. The Balaban J connectivity index is 1.21. The highest BCUT2D eigenvalue weighted by Crippen LogP contribution is 2.36. The highest BCUT2D eigenvalue weighted by molar-refractivity contribution is 7.92. The summed E-state index contributed by atoms with van der Waals surface area (Å²) in [5.41, 5.74) is 0. The number of ether oxygens (including phenoxy) is 2. The van der Waals surface area contributed by atoms with Crippen molar-refractivity contribution in [3.63, 3.8) is 0 Å². The van der Waals surface area contributed by atoms with Gasteiger partial charge in [-0.2, -0.15) is 0 Å². The first-order valence-electron chi connectivity index (χ1n) is 10.9. The molecule has 2 aromatic rings. The Kier molecular flexibility index (Phi) is 5.78. The molecule has 1 saturated heterocycles. The topological polar surface area (TPSA) is 116 Å². The molecule has 0 radical (unpaired) electrons. The van der Waals surface area contributed by atoms with Crippen LogP contribution in [0.1, 0.15) is 38.5 Å². The van der Waals surface area contributed by atoms with Gasteiger partial charge in [-0.1, -0.05) is 0 Å². The molecule has 0 atom stereocenters. The summed E-state index contributed by atoms with van der Waals surface area (Å²) in [6.07, 6.45) is 4.77. The number of hydrogen-bond acceptors (Lipinski definition) is 8. The van der Waals surface area contributed by atoms with E-state index >= 15 is 0 Å². The van der Waals surface area contributed by atoms with Crippen molar-refractivity contribution >= 4 is 19.9 Å². The van der Waals surface area contributed by atoms with Crippen LogP contribution in [-0.4, -0.2) is 60.8 Å². The van der Waals surface area contributed by atoms with Crippen LogP contribution in [0.2, 0.25) is 0 Å². The average molecular weight is 498 g/mol. The minimum Gasteiger partial charge on any atom is -0.474 e. The highest BCUT2D eigenvalue weighted by atomic mass is 32.2. The maximum atomic E-state index is 14.5. The van der Waals surface area contributed by atoms with Crippen molar-refractivity contribution in [2.24, 2.45) is 0 Å². The second-order valence-corrected chi connectivity index (χ2v) is 13.0.